The maximum absolute atomic E-state index is 11.7. The number of ketones is 1. The Morgan fingerprint density at radius 2 is 2.12 bits per heavy atom. The summed E-state index contributed by atoms with van der Waals surface area (Å²) in [5, 5.41) is 0. The smallest absolute Gasteiger partial charge is 0.364 e. The van der Waals surface area contributed by atoms with Crippen LogP contribution in [-0.2, 0) is 16.0 Å². The summed E-state index contributed by atoms with van der Waals surface area (Å²) >= 11 is 0. The molecule has 1 rings (SSSR count). The van der Waals surface area contributed by atoms with Gasteiger partial charge in [0.1, 0.15) is 13.2 Å². The fraction of sp³-hybridized carbons (Fsp3) is 0.400. The van der Waals surface area contributed by atoms with Gasteiger partial charge in [-0.15, -0.1) is 0 Å². The molecule has 0 aliphatic heterocycles. The Morgan fingerprint density at radius 3 is 2.69 bits per heavy atom. The molecule has 0 aromatic carbocycles. The standard InChI is InChI=1S/C10H10F3NO2/c11-10(12,13)7-16-6-9(15)5-8-3-1-2-4-14-8/h1-4H,5-7H2. The van der Waals surface area contributed by atoms with E-state index < -0.39 is 25.2 Å². The highest BCUT2D eigenvalue weighted by molar-refractivity contribution is 5.81. The number of aromatic nitrogens is 1. The normalized spacial score (nSPS) is 11.4. The highest BCUT2D eigenvalue weighted by atomic mass is 19.4. The molecule has 0 aliphatic rings. The van der Waals surface area contributed by atoms with Gasteiger partial charge in [0.05, 0.1) is 6.42 Å². The van der Waals surface area contributed by atoms with Gasteiger partial charge in [0.15, 0.2) is 5.78 Å². The summed E-state index contributed by atoms with van der Waals surface area (Å²) in [4.78, 5) is 15.0. The summed E-state index contributed by atoms with van der Waals surface area (Å²) in [5.41, 5.74) is 0.517. The predicted molar refractivity (Wildman–Crippen MR) is 49.8 cm³/mol. The molecule has 1 aromatic heterocycles. The molecule has 6 heteroatoms. The minimum Gasteiger partial charge on any atom is -0.364 e. The zero-order valence-corrected chi connectivity index (χ0v) is 8.33. The summed E-state index contributed by atoms with van der Waals surface area (Å²) in [6, 6.07) is 5.02. The summed E-state index contributed by atoms with van der Waals surface area (Å²) in [6.07, 6.45) is -2.90. The molecule has 1 heterocycles. The summed E-state index contributed by atoms with van der Waals surface area (Å²) in [5.74, 6) is -0.428. The van der Waals surface area contributed by atoms with Crippen LogP contribution in [0.15, 0.2) is 24.4 Å². The Morgan fingerprint density at radius 1 is 1.38 bits per heavy atom. The van der Waals surface area contributed by atoms with E-state index in [1.165, 1.54) is 6.20 Å². The molecular weight excluding hydrogens is 223 g/mol. The molecule has 0 fully saturated rings. The first-order valence-corrected chi connectivity index (χ1v) is 4.53. The third-order valence-electron chi connectivity index (χ3n) is 1.63. The summed E-state index contributed by atoms with van der Waals surface area (Å²) < 4.78 is 39.3. The van der Waals surface area contributed by atoms with Crippen molar-refractivity contribution >= 4 is 5.78 Å². The number of halogens is 3. The molecule has 0 spiro atoms. The van der Waals surface area contributed by atoms with Crippen molar-refractivity contribution in [2.24, 2.45) is 0 Å². The lowest BCUT2D eigenvalue weighted by Gasteiger charge is -2.06. The van der Waals surface area contributed by atoms with Crippen LogP contribution in [0.1, 0.15) is 5.69 Å². The SMILES string of the molecule is O=C(COCC(F)(F)F)Cc1ccccn1. The second-order valence-corrected chi connectivity index (χ2v) is 3.14. The zero-order chi connectivity index (χ0) is 12.0. The summed E-state index contributed by atoms with van der Waals surface area (Å²) in [6.45, 7) is -1.95. The summed E-state index contributed by atoms with van der Waals surface area (Å²) in [7, 11) is 0. The van der Waals surface area contributed by atoms with Gasteiger partial charge in [0.25, 0.3) is 0 Å². The minimum atomic E-state index is -4.40. The van der Waals surface area contributed by atoms with Crippen molar-refractivity contribution in [2.45, 2.75) is 12.6 Å². The fourth-order valence-electron chi connectivity index (χ4n) is 1.04. The third kappa shape index (κ3) is 5.45. The van der Waals surface area contributed by atoms with E-state index in [2.05, 4.69) is 9.72 Å². The number of hydrogen-bond donors (Lipinski definition) is 0. The number of ether oxygens (including phenoxy) is 1. The van der Waals surface area contributed by atoms with Gasteiger partial charge in [-0.2, -0.15) is 13.2 Å². The molecular formula is C10H10F3NO2. The van der Waals surface area contributed by atoms with Gasteiger partial charge in [0, 0.05) is 11.9 Å². The van der Waals surface area contributed by atoms with E-state index in [-0.39, 0.29) is 6.42 Å². The average Bonchev–Trinajstić information content (AvgIpc) is 2.17. The molecule has 0 saturated carbocycles. The number of alkyl halides is 3. The zero-order valence-electron chi connectivity index (χ0n) is 8.33. The van der Waals surface area contributed by atoms with Gasteiger partial charge in [-0.25, -0.2) is 0 Å². The largest absolute Gasteiger partial charge is 0.411 e. The maximum Gasteiger partial charge on any atom is 0.411 e. The predicted octanol–water partition coefficient (Wildman–Crippen LogP) is 1.77. The van der Waals surface area contributed by atoms with E-state index in [1.807, 2.05) is 0 Å². The number of rotatable bonds is 5. The van der Waals surface area contributed by atoms with E-state index in [4.69, 9.17) is 0 Å². The second-order valence-electron chi connectivity index (χ2n) is 3.14. The molecule has 16 heavy (non-hydrogen) atoms. The third-order valence-corrected chi connectivity index (χ3v) is 1.63. The minimum absolute atomic E-state index is 0.0152. The van der Waals surface area contributed by atoms with Gasteiger partial charge < -0.3 is 4.74 Å². The van der Waals surface area contributed by atoms with Crippen LogP contribution in [0.2, 0.25) is 0 Å². The van der Waals surface area contributed by atoms with E-state index in [0.717, 1.165) is 0 Å². The molecule has 0 saturated heterocycles. The number of carbonyl (C=O) groups excluding carboxylic acids is 1. The van der Waals surface area contributed by atoms with Crippen LogP contribution < -0.4 is 0 Å². The van der Waals surface area contributed by atoms with Gasteiger partial charge in [-0.3, -0.25) is 9.78 Å². The first-order valence-electron chi connectivity index (χ1n) is 4.53. The van der Waals surface area contributed by atoms with Gasteiger partial charge in [-0.1, -0.05) is 6.07 Å². The van der Waals surface area contributed by atoms with Crippen molar-refractivity contribution in [1.29, 1.82) is 0 Å². The lowest BCUT2D eigenvalue weighted by molar-refractivity contribution is -0.175. The first kappa shape index (κ1) is 12.6. The Balaban J connectivity index is 2.27. The van der Waals surface area contributed by atoms with Gasteiger partial charge >= 0.3 is 6.18 Å². The van der Waals surface area contributed by atoms with E-state index in [9.17, 15) is 18.0 Å². The molecule has 3 nitrogen and oxygen atoms in total. The molecule has 0 aliphatic carbocycles. The molecule has 88 valence electrons. The number of carbonyl (C=O) groups is 1. The van der Waals surface area contributed by atoms with E-state index in [1.54, 1.807) is 18.2 Å². The number of pyridine rings is 1. The fourth-order valence-corrected chi connectivity index (χ4v) is 1.04. The highest BCUT2D eigenvalue weighted by Gasteiger charge is 2.27. The molecule has 0 bridgehead atoms. The Kier molecular flexibility index (Phi) is 4.42. The van der Waals surface area contributed by atoms with Crippen molar-refractivity contribution in [3.63, 3.8) is 0 Å². The van der Waals surface area contributed by atoms with Crippen LogP contribution in [0.25, 0.3) is 0 Å². The van der Waals surface area contributed by atoms with Crippen LogP contribution >= 0.6 is 0 Å². The molecule has 0 amide bonds. The molecule has 0 radical (unpaired) electrons. The highest BCUT2D eigenvalue weighted by Crippen LogP contribution is 2.14. The number of Topliss-reactive ketones (excluding diaryl/α,β-unsaturated/α-hetero) is 1. The number of nitrogens with zero attached hydrogens (tertiary/aromatic N) is 1. The monoisotopic (exact) mass is 233 g/mol. The average molecular weight is 233 g/mol. The van der Waals surface area contributed by atoms with Gasteiger partial charge in [-0.05, 0) is 12.1 Å². The molecule has 0 unspecified atom stereocenters. The van der Waals surface area contributed by atoms with Crippen molar-refractivity contribution < 1.29 is 22.7 Å². The molecule has 0 atom stereocenters. The van der Waals surface area contributed by atoms with Crippen LogP contribution in [0, 0.1) is 0 Å². The molecule has 0 N–H and O–H groups in total. The first-order chi connectivity index (χ1) is 7.47. The van der Waals surface area contributed by atoms with Crippen LogP contribution in [-0.4, -0.2) is 30.2 Å². The van der Waals surface area contributed by atoms with Gasteiger partial charge in [0.2, 0.25) is 0 Å². The Labute approximate surface area is 90.2 Å². The Hall–Kier alpha value is -1.43. The second kappa shape index (κ2) is 5.60. The van der Waals surface area contributed by atoms with Crippen LogP contribution in [0.4, 0.5) is 13.2 Å². The quantitative estimate of drug-likeness (QED) is 0.778. The lowest BCUT2D eigenvalue weighted by Crippen LogP contribution is -2.21. The van der Waals surface area contributed by atoms with Crippen LogP contribution in [0.5, 0.6) is 0 Å². The topological polar surface area (TPSA) is 39.2 Å². The number of hydrogen-bond acceptors (Lipinski definition) is 3. The van der Waals surface area contributed by atoms with E-state index >= 15 is 0 Å². The van der Waals surface area contributed by atoms with Crippen LogP contribution in [0.3, 0.4) is 0 Å². The van der Waals surface area contributed by atoms with Crippen molar-refractivity contribution in [1.82, 2.24) is 4.98 Å². The van der Waals surface area contributed by atoms with Crippen molar-refractivity contribution in [3.05, 3.63) is 30.1 Å². The van der Waals surface area contributed by atoms with Crippen molar-refractivity contribution in [3.8, 4) is 0 Å². The van der Waals surface area contributed by atoms with E-state index in [0.29, 0.717) is 5.69 Å². The maximum atomic E-state index is 11.7. The Bertz CT molecular complexity index is 338. The lowest BCUT2D eigenvalue weighted by atomic mass is 10.2. The van der Waals surface area contributed by atoms with Crippen molar-refractivity contribution in [2.75, 3.05) is 13.2 Å². The molecule has 1 aromatic rings.